The molecule has 0 fully saturated rings. The lowest BCUT2D eigenvalue weighted by Gasteiger charge is -2.16. The number of rotatable bonds is 7. The van der Waals surface area contributed by atoms with Crippen molar-refractivity contribution >= 4 is 23.3 Å². The molecule has 1 atom stereocenters. The zero-order valence-corrected chi connectivity index (χ0v) is 12.8. The van der Waals surface area contributed by atoms with Crippen LogP contribution in [0, 0.1) is 20.2 Å². The van der Waals surface area contributed by atoms with Crippen LogP contribution >= 0.6 is 0 Å². The van der Waals surface area contributed by atoms with Crippen LogP contribution in [-0.2, 0) is 20.7 Å². The van der Waals surface area contributed by atoms with Crippen LogP contribution in [0.2, 0.25) is 0 Å². The van der Waals surface area contributed by atoms with Gasteiger partial charge in [-0.1, -0.05) is 0 Å². The Balaban J connectivity index is 3.27. The number of aromatic hydroxyl groups is 1. The number of benzene rings is 1. The van der Waals surface area contributed by atoms with E-state index in [0.29, 0.717) is 0 Å². The Morgan fingerprint density at radius 1 is 1.25 bits per heavy atom. The molecule has 11 heteroatoms. The highest BCUT2D eigenvalue weighted by Crippen LogP contribution is 2.36. The Morgan fingerprint density at radius 3 is 2.12 bits per heavy atom. The minimum atomic E-state index is -1.17. The monoisotopic (exact) mass is 341 g/mol. The summed E-state index contributed by atoms with van der Waals surface area (Å²) in [5.74, 6) is -2.41. The van der Waals surface area contributed by atoms with Gasteiger partial charge in [0.05, 0.1) is 16.5 Å². The smallest absolute Gasteiger partial charge is 0.328 e. The number of ether oxygens (including phenoxy) is 1. The largest absolute Gasteiger partial charge is 0.497 e. The fraction of sp³-hybridized carbons (Fsp3) is 0.385. The van der Waals surface area contributed by atoms with Crippen LogP contribution in [0.25, 0.3) is 0 Å². The molecule has 1 aromatic rings. The molecule has 11 nitrogen and oxygen atoms in total. The summed E-state index contributed by atoms with van der Waals surface area (Å²) in [6.07, 6.45) is -0.277. The molecule has 0 radical (unpaired) electrons. The first kappa shape index (κ1) is 18.8. The van der Waals surface area contributed by atoms with Gasteiger partial charge in [-0.15, -0.1) is 0 Å². The first-order valence-corrected chi connectivity index (χ1v) is 6.75. The molecular formula is C13H15N3O8. The van der Waals surface area contributed by atoms with Crippen LogP contribution < -0.4 is 5.32 Å². The Kier molecular flexibility index (Phi) is 6.15. The number of hydrogen-bond donors (Lipinski definition) is 2. The maximum absolute atomic E-state index is 11.8. The minimum Gasteiger partial charge on any atom is -0.497 e. The average molecular weight is 341 g/mol. The predicted molar refractivity (Wildman–Crippen MR) is 79.4 cm³/mol. The van der Waals surface area contributed by atoms with Crippen LogP contribution in [0.3, 0.4) is 0 Å². The standard InChI is InChI=1S/C13H15N3O8/c1-3-24-13(19)9(14-7(2)17)4-8-5-10(15(20)21)12(18)11(6-8)16(22)23/h5-6,9,18H,3-4H2,1-2H3,(H,14,17)/t9-/m1/s1. The van der Waals surface area contributed by atoms with E-state index in [1.54, 1.807) is 6.92 Å². The van der Waals surface area contributed by atoms with E-state index in [0.717, 1.165) is 19.1 Å². The molecule has 0 unspecified atom stereocenters. The molecule has 0 aromatic heterocycles. The number of carbonyl (C=O) groups excluding carboxylic acids is 2. The molecular weight excluding hydrogens is 326 g/mol. The minimum absolute atomic E-state index is 0.0120. The van der Waals surface area contributed by atoms with E-state index in [1.165, 1.54) is 0 Å². The molecule has 130 valence electrons. The highest BCUT2D eigenvalue weighted by molar-refractivity contribution is 5.83. The first-order chi connectivity index (χ1) is 11.2. The molecule has 1 rings (SSSR count). The topological polar surface area (TPSA) is 162 Å². The Bertz CT molecular complexity index is 653. The number of hydrogen-bond acceptors (Lipinski definition) is 8. The molecule has 0 aliphatic rings. The van der Waals surface area contributed by atoms with Gasteiger partial charge in [0, 0.05) is 25.5 Å². The molecule has 0 heterocycles. The van der Waals surface area contributed by atoms with Crippen molar-refractivity contribution in [2.45, 2.75) is 26.3 Å². The lowest BCUT2D eigenvalue weighted by molar-refractivity contribution is -0.396. The van der Waals surface area contributed by atoms with Crippen molar-refractivity contribution in [3.05, 3.63) is 37.9 Å². The number of carbonyl (C=O) groups is 2. The van der Waals surface area contributed by atoms with E-state index in [-0.39, 0.29) is 18.6 Å². The van der Waals surface area contributed by atoms with Crippen molar-refractivity contribution < 1.29 is 29.3 Å². The van der Waals surface area contributed by atoms with Gasteiger partial charge in [0.25, 0.3) is 5.75 Å². The number of phenols is 1. The summed E-state index contributed by atoms with van der Waals surface area (Å²) in [7, 11) is 0. The summed E-state index contributed by atoms with van der Waals surface area (Å²) in [6, 6.07) is 0.624. The molecule has 1 aromatic carbocycles. The number of esters is 1. The van der Waals surface area contributed by atoms with E-state index in [2.05, 4.69) is 5.32 Å². The number of nitrogens with one attached hydrogen (secondary N) is 1. The third kappa shape index (κ3) is 4.63. The summed E-state index contributed by atoms with van der Waals surface area (Å²) in [5.41, 5.74) is -1.73. The van der Waals surface area contributed by atoms with Gasteiger partial charge >= 0.3 is 17.3 Å². The van der Waals surface area contributed by atoms with Gasteiger partial charge in [0.1, 0.15) is 6.04 Å². The molecule has 24 heavy (non-hydrogen) atoms. The van der Waals surface area contributed by atoms with Gasteiger partial charge < -0.3 is 15.2 Å². The Hall–Kier alpha value is -3.24. The zero-order chi connectivity index (χ0) is 18.4. The summed E-state index contributed by atoms with van der Waals surface area (Å²) in [4.78, 5) is 42.9. The van der Waals surface area contributed by atoms with Crippen molar-refractivity contribution in [1.82, 2.24) is 5.32 Å². The molecule has 0 aliphatic heterocycles. The summed E-state index contributed by atoms with van der Waals surface area (Å²) in [6.45, 7) is 2.76. The first-order valence-electron chi connectivity index (χ1n) is 6.75. The van der Waals surface area contributed by atoms with Gasteiger partial charge in [0.15, 0.2) is 0 Å². The molecule has 1 amide bonds. The van der Waals surface area contributed by atoms with E-state index in [4.69, 9.17) is 4.74 Å². The van der Waals surface area contributed by atoms with Crippen molar-refractivity contribution in [3.63, 3.8) is 0 Å². The maximum atomic E-state index is 11.8. The van der Waals surface area contributed by atoms with Crippen LogP contribution in [0.15, 0.2) is 12.1 Å². The van der Waals surface area contributed by atoms with Gasteiger partial charge in [0.2, 0.25) is 5.91 Å². The second-order valence-corrected chi connectivity index (χ2v) is 4.71. The van der Waals surface area contributed by atoms with E-state index in [1.807, 2.05) is 0 Å². The lowest BCUT2D eigenvalue weighted by atomic mass is 10.0. The Labute approximate surface area is 135 Å². The van der Waals surface area contributed by atoms with E-state index >= 15 is 0 Å². The second-order valence-electron chi connectivity index (χ2n) is 4.71. The van der Waals surface area contributed by atoms with Gasteiger partial charge in [-0.3, -0.25) is 25.0 Å². The molecule has 0 aliphatic carbocycles. The third-order valence-electron chi connectivity index (χ3n) is 2.91. The predicted octanol–water partition coefficient (Wildman–Crippen LogP) is 0.819. The number of amides is 1. The number of nitro groups is 2. The van der Waals surface area contributed by atoms with Gasteiger partial charge in [-0.25, -0.2) is 4.79 Å². The molecule has 0 bridgehead atoms. The highest BCUT2D eigenvalue weighted by Gasteiger charge is 2.29. The second kappa shape index (κ2) is 7.85. The summed E-state index contributed by atoms with van der Waals surface area (Å²) in [5, 5.41) is 33.7. The highest BCUT2D eigenvalue weighted by atomic mass is 16.6. The van der Waals surface area contributed by atoms with Crippen molar-refractivity contribution in [2.75, 3.05) is 6.61 Å². The summed E-state index contributed by atoms with van der Waals surface area (Å²) >= 11 is 0. The van der Waals surface area contributed by atoms with Crippen molar-refractivity contribution in [1.29, 1.82) is 0 Å². The third-order valence-corrected chi connectivity index (χ3v) is 2.91. The quantitative estimate of drug-likeness (QED) is 0.418. The molecule has 0 spiro atoms. The van der Waals surface area contributed by atoms with Gasteiger partial charge in [-0.2, -0.15) is 0 Å². The van der Waals surface area contributed by atoms with E-state index in [9.17, 15) is 34.9 Å². The number of phenolic OH excluding ortho intramolecular Hbond substituents is 1. The Morgan fingerprint density at radius 2 is 1.75 bits per heavy atom. The van der Waals surface area contributed by atoms with Gasteiger partial charge in [-0.05, 0) is 12.5 Å². The van der Waals surface area contributed by atoms with Crippen molar-refractivity contribution in [3.8, 4) is 5.75 Å². The molecule has 0 saturated carbocycles. The zero-order valence-electron chi connectivity index (χ0n) is 12.8. The van der Waals surface area contributed by atoms with Crippen LogP contribution in [0.1, 0.15) is 19.4 Å². The van der Waals surface area contributed by atoms with E-state index < -0.39 is 44.9 Å². The normalized spacial score (nSPS) is 11.4. The van der Waals surface area contributed by atoms with Crippen LogP contribution in [0.5, 0.6) is 5.75 Å². The lowest BCUT2D eigenvalue weighted by Crippen LogP contribution is -2.42. The SMILES string of the molecule is CCOC(=O)[C@@H](Cc1cc([N+](=O)[O-])c(O)c([N+](=O)[O-])c1)NC(C)=O. The number of nitrogens with zero attached hydrogens (tertiary/aromatic N) is 2. The van der Waals surface area contributed by atoms with Crippen LogP contribution in [-0.4, -0.2) is 39.5 Å². The molecule has 2 N–H and O–H groups in total. The fourth-order valence-electron chi connectivity index (χ4n) is 1.97. The summed E-state index contributed by atoms with van der Waals surface area (Å²) < 4.78 is 4.79. The average Bonchev–Trinajstić information content (AvgIpc) is 2.47. The van der Waals surface area contributed by atoms with Crippen molar-refractivity contribution in [2.24, 2.45) is 0 Å². The fourth-order valence-corrected chi connectivity index (χ4v) is 1.97. The van der Waals surface area contributed by atoms with Crippen LogP contribution in [0.4, 0.5) is 11.4 Å². The molecule has 0 saturated heterocycles. The number of nitro benzene ring substituents is 2. The maximum Gasteiger partial charge on any atom is 0.328 e.